The molecule has 0 bridgehead atoms. The van der Waals surface area contributed by atoms with Crippen LogP contribution in [0.25, 0.3) is 32.7 Å². The fraction of sp³-hybridized carbons (Fsp3) is 0.392. The fourth-order valence-corrected chi connectivity index (χ4v) is 7.48. The molecule has 0 spiro atoms. The van der Waals surface area contributed by atoms with Crippen LogP contribution in [-0.2, 0) is 19.2 Å². The molecule has 0 aliphatic heterocycles. The monoisotopic (exact) mass is 959 g/mol. The number of nitrogens with one attached hydrogen (secondary N) is 3. The van der Waals surface area contributed by atoms with Gasteiger partial charge in [0, 0.05) is 17.7 Å². The summed E-state index contributed by atoms with van der Waals surface area (Å²) in [5.74, 6) is -0.502. The van der Waals surface area contributed by atoms with Gasteiger partial charge in [0.1, 0.15) is 35.4 Å². The lowest BCUT2D eigenvalue weighted by Gasteiger charge is -2.26. The molecule has 14 nitrogen and oxygen atoms in total. The Hall–Kier alpha value is -6.09. The van der Waals surface area contributed by atoms with Crippen LogP contribution in [0, 0.1) is 11.8 Å². The molecule has 5 rings (SSSR count). The van der Waals surface area contributed by atoms with Crippen molar-refractivity contribution in [2.45, 2.75) is 90.8 Å². The van der Waals surface area contributed by atoms with Crippen LogP contribution in [0.1, 0.15) is 72.6 Å². The molecule has 67 heavy (non-hydrogen) atoms. The Bertz CT molecular complexity index is 2400. The van der Waals surface area contributed by atoms with Gasteiger partial charge < -0.3 is 47.4 Å². The highest BCUT2D eigenvalue weighted by molar-refractivity contribution is 6.10. The predicted octanol–water partition coefficient (Wildman–Crippen LogP) is 7.60. The number of rotatable bonds is 25. The molecular weight excluding hydrogens is 894 g/mol. The van der Waals surface area contributed by atoms with Crippen molar-refractivity contribution in [1.82, 2.24) is 16.0 Å². The van der Waals surface area contributed by atoms with Crippen molar-refractivity contribution in [3.8, 4) is 28.4 Å². The Balaban J connectivity index is 0.00000595. The van der Waals surface area contributed by atoms with Crippen LogP contribution in [0.4, 0.5) is 0 Å². The van der Waals surface area contributed by atoms with Gasteiger partial charge in [0.15, 0.2) is 12.6 Å². The molecule has 3 amide bonds. The molecule has 0 radical (unpaired) electrons. The predicted molar refractivity (Wildman–Crippen MR) is 272 cm³/mol. The Labute approximate surface area is 406 Å². The summed E-state index contributed by atoms with van der Waals surface area (Å²) in [7, 11) is 0. The van der Waals surface area contributed by atoms with Crippen LogP contribution in [0.5, 0.6) is 17.2 Å². The average Bonchev–Trinajstić information content (AvgIpc) is 3.28. The van der Waals surface area contributed by atoms with Crippen molar-refractivity contribution in [3.63, 3.8) is 0 Å². The molecular formula is C51H67Cl2N7O7. The van der Waals surface area contributed by atoms with E-state index in [1.165, 1.54) is 0 Å². The van der Waals surface area contributed by atoms with Crippen molar-refractivity contribution in [1.29, 1.82) is 0 Å². The molecule has 9 N–H and O–H groups in total. The van der Waals surface area contributed by atoms with Gasteiger partial charge in [-0.2, -0.15) is 0 Å². The van der Waals surface area contributed by atoms with Crippen molar-refractivity contribution >= 4 is 76.0 Å². The summed E-state index contributed by atoms with van der Waals surface area (Å²) in [4.78, 5) is 59.5. The standard InChI is InChI=1S/C51H65N7O7.2ClH/c1-33(2)27-30-63-43-25-23-35-15-8-10-19-38(35)46(43)47-39-20-11-9-16-36(39)24-26-44(47)64-32-45(59)56-40(21-12-13-28-52)48(60)57-41(22-14-29-55-51(53)54)49(61)58-42(31-34(3)4)50(62)65-37-17-6-5-7-18-37;;/h5-11,15-20,23-26,33-34,40-42H,12-14,21-22,27-32,52H2,1-4H3,(H,56,59)(H,57,60)(H,58,61)(H4,53,54,55);2*1H/t40-,41-,42+;;/m1../s1. The summed E-state index contributed by atoms with van der Waals surface area (Å²) in [5, 5.41) is 12.4. The second-order valence-electron chi connectivity index (χ2n) is 17.0. The number of para-hydroxylation sites is 1. The molecule has 5 aromatic rings. The number of nitrogens with two attached hydrogens (primary N) is 3. The van der Waals surface area contributed by atoms with Crippen LogP contribution in [0.3, 0.4) is 0 Å². The van der Waals surface area contributed by atoms with Gasteiger partial charge in [-0.3, -0.25) is 19.4 Å². The average molecular weight is 961 g/mol. The number of carbonyl (C=O) groups is 4. The van der Waals surface area contributed by atoms with E-state index < -0.39 is 48.4 Å². The number of ether oxygens (including phenoxy) is 3. The fourth-order valence-electron chi connectivity index (χ4n) is 7.48. The van der Waals surface area contributed by atoms with E-state index in [4.69, 9.17) is 31.4 Å². The number of halogens is 2. The molecule has 0 saturated heterocycles. The van der Waals surface area contributed by atoms with Crippen molar-refractivity contribution < 1.29 is 33.4 Å². The number of fused-ring (bicyclic) bond motifs is 2. The largest absolute Gasteiger partial charge is 0.493 e. The Morgan fingerprint density at radius 1 is 0.597 bits per heavy atom. The lowest BCUT2D eigenvalue weighted by Crippen LogP contribution is -2.56. The first kappa shape index (κ1) is 55.2. The van der Waals surface area contributed by atoms with E-state index in [0.717, 1.165) is 39.1 Å². The van der Waals surface area contributed by atoms with Crippen molar-refractivity contribution in [2.24, 2.45) is 34.0 Å². The van der Waals surface area contributed by atoms with Gasteiger partial charge in [-0.05, 0) is 109 Å². The highest BCUT2D eigenvalue weighted by atomic mass is 35.5. The maximum atomic E-state index is 14.2. The van der Waals surface area contributed by atoms with Crippen molar-refractivity contribution in [2.75, 3.05) is 26.3 Å². The molecule has 3 atom stereocenters. The number of carbonyl (C=O) groups excluding carboxylic acids is 4. The van der Waals surface area contributed by atoms with Gasteiger partial charge in [-0.15, -0.1) is 24.8 Å². The van der Waals surface area contributed by atoms with E-state index in [2.05, 4.69) is 40.9 Å². The maximum Gasteiger partial charge on any atom is 0.334 e. The minimum atomic E-state index is -1.11. The van der Waals surface area contributed by atoms with Gasteiger partial charge in [0.05, 0.1) is 6.61 Å². The molecule has 0 heterocycles. The minimum Gasteiger partial charge on any atom is -0.493 e. The van der Waals surface area contributed by atoms with Crippen LogP contribution in [0.15, 0.2) is 108 Å². The molecule has 362 valence electrons. The van der Waals surface area contributed by atoms with E-state index >= 15 is 0 Å². The van der Waals surface area contributed by atoms with Gasteiger partial charge in [0.2, 0.25) is 11.8 Å². The molecule has 0 saturated carbocycles. The number of esters is 1. The summed E-state index contributed by atoms with van der Waals surface area (Å²) >= 11 is 0. The zero-order chi connectivity index (χ0) is 46.7. The molecule has 0 aliphatic rings. The topological polar surface area (TPSA) is 222 Å². The summed E-state index contributed by atoms with van der Waals surface area (Å²) < 4.78 is 18.5. The summed E-state index contributed by atoms with van der Waals surface area (Å²) in [6.45, 7) is 8.85. The van der Waals surface area contributed by atoms with E-state index in [1.807, 2.05) is 80.6 Å². The number of guanidine groups is 1. The summed E-state index contributed by atoms with van der Waals surface area (Å²) in [5.41, 5.74) is 18.5. The summed E-state index contributed by atoms with van der Waals surface area (Å²) in [6, 6.07) is 29.3. The second-order valence-corrected chi connectivity index (χ2v) is 17.0. The first-order valence-corrected chi connectivity index (χ1v) is 22.6. The van der Waals surface area contributed by atoms with Crippen LogP contribution >= 0.6 is 24.8 Å². The number of hydrogen-bond acceptors (Lipinski definition) is 9. The quantitative estimate of drug-likeness (QED) is 0.0111. The van der Waals surface area contributed by atoms with E-state index in [0.29, 0.717) is 55.6 Å². The first-order chi connectivity index (χ1) is 31.3. The van der Waals surface area contributed by atoms with E-state index in [9.17, 15) is 19.2 Å². The molecule has 0 fully saturated rings. The third-order valence-electron chi connectivity index (χ3n) is 10.8. The SMILES string of the molecule is CC(C)CCOc1ccc2ccccc2c1-c1c(OCC(=O)N[C@H](CCCCN)C(=O)N[C@H](CCCN=C(N)N)C(=O)N[C@@H](CC(C)C)C(=O)Oc2ccccc2)ccc2ccccc12.Cl.Cl. The highest BCUT2D eigenvalue weighted by Gasteiger charge is 2.31. The molecule has 16 heteroatoms. The third kappa shape index (κ3) is 16.9. The zero-order valence-corrected chi connectivity index (χ0v) is 40.5. The lowest BCUT2D eigenvalue weighted by molar-refractivity contribution is -0.140. The first-order valence-electron chi connectivity index (χ1n) is 22.6. The van der Waals surface area contributed by atoms with E-state index in [1.54, 1.807) is 30.3 Å². The number of hydrogen-bond donors (Lipinski definition) is 6. The highest BCUT2D eigenvalue weighted by Crippen LogP contribution is 2.45. The third-order valence-corrected chi connectivity index (χ3v) is 10.8. The van der Waals surface area contributed by atoms with Crippen LogP contribution < -0.4 is 47.4 Å². The Morgan fingerprint density at radius 3 is 1.70 bits per heavy atom. The van der Waals surface area contributed by atoms with Gasteiger partial charge in [-0.25, -0.2) is 4.79 Å². The molecule has 5 aromatic carbocycles. The maximum absolute atomic E-state index is 14.2. The number of nitrogens with zero attached hydrogens (tertiary/aromatic N) is 1. The molecule has 0 aromatic heterocycles. The Kier molecular flexibility index (Phi) is 23.2. The van der Waals surface area contributed by atoms with Gasteiger partial charge >= 0.3 is 5.97 Å². The van der Waals surface area contributed by atoms with E-state index in [-0.39, 0.29) is 62.5 Å². The lowest BCUT2D eigenvalue weighted by atomic mass is 9.92. The zero-order valence-electron chi connectivity index (χ0n) is 38.8. The molecule has 0 aliphatic carbocycles. The number of aliphatic imine (C=N–C) groups is 1. The van der Waals surface area contributed by atoms with Gasteiger partial charge in [-0.1, -0.05) is 107 Å². The van der Waals surface area contributed by atoms with Crippen molar-refractivity contribution in [3.05, 3.63) is 103 Å². The minimum absolute atomic E-state index is 0. The molecule has 0 unspecified atom stereocenters. The second kappa shape index (κ2) is 28.2. The number of unbranched alkanes of at least 4 members (excludes halogenated alkanes) is 1. The smallest absolute Gasteiger partial charge is 0.334 e. The Morgan fingerprint density at radius 2 is 1.13 bits per heavy atom. The van der Waals surface area contributed by atoms with Crippen LogP contribution in [-0.4, -0.2) is 74.1 Å². The van der Waals surface area contributed by atoms with Gasteiger partial charge in [0.25, 0.3) is 5.91 Å². The normalized spacial score (nSPS) is 12.2. The number of benzene rings is 5. The van der Waals surface area contributed by atoms with Crippen LogP contribution in [0.2, 0.25) is 0 Å². The summed E-state index contributed by atoms with van der Waals surface area (Å²) in [6.07, 6.45) is 2.98. The number of amides is 3.